The standard InChI is InChI=1S/Ag.Pb.S.Zn. The van der Waals surface area contributed by atoms with Gasteiger partial charge in [-0.05, 0) is 0 Å². The molecule has 0 rings (SSSR count). The van der Waals surface area contributed by atoms with E-state index in [4.69, 9.17) is 0 Å². The van der Waals surface area contributed by atoms with E-state index in [0.717, 1.165) is 23.7 Å². The Bertz CT molecular complexity index is 8.00. The average Bonchev–Trinajstić information content (AvgIpc) is 1.00. The smallest absolute Gasteiger partial charge is 0 e. The summed E-state index contributed by atoms with van der Waals surface area (Å²) in [5, 5.41) is 0. The first-order chi connectivity index (χ1) is 1.00. The van der Waals surface area contributed by atoms with E-state index in [1.54, 1.807) is 0 Å². The summed E-state index contributed by atoms with van der Waals surface area (Å²) in [6, 6.07) is 0. The first-order valence-electron chi connectivity index (χ1n) is 0.204. The fraction of sp³-hybridized carbons (Fsp3) is 0. The summed E-state index contributed by atoms with van der Waals surface area (Å²) in [7, 11) is 4.22. The molecule has 0 aromatic heterocycles. The average molecular weight is 413 g/mol. The Morgan fingerprint density at radius 3 is 1.25 bits per heavy atom. The number of hydrogen-bond donors (Lipinski definition) is 0. The van der Waals surface area contributed by atoms with Crippen molar-refractivity contribution < 1.29 is 41.9 Å². The monoisotopic (exact) mass is 411 g/mol. The van der Waals surface area contributed by atoms with Crippen LogP contribution in [0.25, 0.3) is 0 Å². The van der Waals surface area contributed by atoms with Crippen LogP contribution < -0.4 is 0 Å². The van der Waals surface area contributed by atoms with Gasteiger partial charge in [0.05, 0.1) is 0 Å². The molecule has 23 valence electrons. The maximum atomic E-state index is 4.22. The molecule has 4 heavy (non-hydrogen) atoms. The van der Waals surface area contributed by atoms with E-state index >= 15 is 0 Å². The molecule has 0 N–H and O–H groups in total. The normalized spacial score (nSPS) is 1.00. The van der Waals surface area contributed by atoms with Crippen molar-refractivity contribution in [2.45, 2.75) is 0 Å². The van der Waals surface area contributed by atoms with E-state index in [1.165, 1.54) is 0 Å². The van der Waals surface area contributed by atoms with E-state index in [0.29, 0.717) is 0 Å². The van der Waals surface area contributed by atoms with E-state index in [2.05, 4.69) is 8.65 Å². The van der Waals surface area contributed by atoms with Crippen LogP contribution >= 0.6 is 8.65 Å². The van der Waals surface area contributed by atoms with Gasteiger partial charge in [0.2, 0.25) is 0 Å². The van der Waals surface area contributed by atoms with Gasteiger partial charge in [0, 0.05) is 41.9 Å². The molecule has 0 aromatic carbocycles. The van der Waals surface area contributed by atoms with E-state index < -0.39 is 0 Å². The van der Waals surface area contributed by atoms with Crippen LogP contribution in [0.15, 0.2) is 0 Å². The van der Waals surface area contributed by atoms with Gasteiger partial charge in [-0.15, -0.1) is 0 Å². The van der Waals surface area contributed by atoms with Crippen LogP contribution in [0, 0.1) is 0 Å². The molecule has 0 saturated heterocycles. The van der Waals surface area contributed by atoms with Crippen LogP contribution in [-0.2, 0) is 41.9 Å². The Labute approximate surface area is 72.9 Å². The molecule has 4 heteroatoms. The summed E-state index contributed by atoms with van der Waals surface area (Å²) >= 11 is 0.889. The zero-order valence-corrected chi connectivity index (χ0v) is 11.1. The topological polar surface area (TPSA) is 0 Å². The second-order valence-electron chi connectivity index (χ2n) is 0. The minimum absolute atomic E-state index is 0. The van der Waals surface area contributed by atoms with Crippen molar-refractivity contribution in [3.63, 3.8) is 0 Å². The summed E-state index contributed by atoms with van der Waals surface area (Å²) in [4.78, 5) is 0. The Balaban J connectivity index is -0.00000000500. The van der Waals surface area contributed by atoms with Gasteiger partial charge in [-0.1, -0.05) is 0 Å². The SMILES string of the molecule is [Ag].[S]=[Pb].[Zn]. The van der Waals surface area contributed by atoms with Gasteiger partial charge >= 0.3 is 32.3 Å². The van der Waals surface area contributed by atoms with Gasteiger partial charge in [-0.3, -0.25) is 0 Å². The maximum Gasteiger partial charge on any atom is 0 e. The van der Waals surface area contributed by atoms with Crippen LogP contribution in [0.4, 0.5) is 0 Å². The van der Waals surface area contributed by atoms with Crippen molar-refractivity contribution in [2.24, 2.45) is 0 Å². The Morgan fingerprint density at radius 2 is 1.25 bits per heavy atom. The zero-order valence-electron chi connectivity index (χ0n) is 1.92. The van der Waals surface area contributed by atoms with Crippen molar-refractivity contribution in [1.29, 1.82) is 0 Å². The van der Waals surface area contributed by atoms with E-state index in [9.17, 15) is 0 Å². The molecule has 3 radical (unpaired) electrons. The molecular formula is AgPbSZn. The van der Waals surface area contributed by atoms with Gasteiger partial charge in [0.1, 0.15) is 0 Å². The van der Waals surface area contributed by atoms with Crippen LogP contribution in [0.1, 0.15) is 0 Å². The van der Waals surface area contributed by atoms with Crippen molar-refractivity contribution in [2.75, 3.05) is 0 Å². The quantitative estimate of drug-likeness (QED) is 0.515. The third-order valence-corrected chi connectivity index (χ3v) is 0. The minimum Gasteiger partial charge on any atom is 0 e. The van der Waals surface area contributed by atoms with Crippen LogP contribution in [0.2, 0.25) is 0 Å². The third kappa shape index (κ3) is 8.82. The fourth-order valence-electron chi connectivity index (χ4n) is 0. The van der Waals surface area contributed by atoms with Gasteiger partial charge in [0.15, 0.2) is 0 Å². The predicted octanol–water partition coefficient (Wildman–Crippen LogP) is 0.262. The van der Waals surface area contributed by atoms with Gasteiger partial charge in [-0.2, -0.15) is 0 Å². The minimum atomic E-state index is 0. The van der Waals surface area contributed by atoms with Crippen molar-refractivity contribution in [1.82, 2.24) is 0 Å². The number of rotatable bonds is 0. The van der Waals surface area contributed by atoms with Gasteiger partial charge < -0.3 is 0 Å². The van der Waals surface area contributed by atoms with Gasteiger partial charge in [0.25, 0.3) is 0 Å². The molecule has 0 aliphatic carbocycles. The second-order valence-corrected chi connectivity index (χ2v) is 0. The number of hydrogen-bond acceptors (Lipinski definition) is 1. The van der Waals surface area contributed by atoms with E-state index in [1.807, 2.05) is 0 Å². The van der Waals surface area contributed by atoms with Crippen LogP contribution in [0.5, 0.6) is 0 Å². The summed E-state index contributed by atoms with van der Waals surface area (Å²) < 4.78 is 0. The third-order valence-electron chi connectivity index (χ3n) is 0. The molecular weight excluding hydrogens is 413 g/mol. The summed E-state index contributed by atoms with van der Waals surface area (Å²) in [5.41, 5.74) is 0. The molecule has 0 aliphatic rings. The van der Waals surface area contributed by atoms with Crippen molar-refractivity contribution >= 4 is 32.3 Å². The molecule has 0 bridgehead atoms. The first kappa shape index (κ1) is 16.0. The van der Waals surface area contributed by atoms with Crippen LogP contribution in [-0.4, -0.2) is 23.7 Å². The molecule has 0 fully saturated rings. The van der Waals surface area contributed by atoms with Gasteiger partial charge in [-0.25, -0.2) is 0 Å². The molecule has 0 atom stereocenters. The molecule has 0 unspecified atom stereocenters. The molecule has 0 spiro atoms. The molecule has 0 amide bonds. The largest absolute Gasteiger partial charge is 0 e. The molecule has 0 heterocycles. The molecule has 0 saturated carbocycles. The zero-order chi connectivity index (χ0) is 2.00. The molecule has 0 nitrogen and oxygen atoms in total. The summed E-state index contributed by atoms with van der Waals surface area (Å²) in [6.45, 7) is 0. The Morgan fingerprint density at radius 1 is 1.25 bits per heavy atom. The van der Waals surface area contributed by atoms with Crippen LogP contribution in [0.3, 0.4) is 0 Å². The fourth-order valence-corrected chi connectivity index (χ4v) is 0. The van der Waals surface area contributed by atoms with Crippen molar-refractivity contribution in [3.05, 3.63) is 0 Å². The first-order valence-corrected chi connectivity index (χ1v) is 5.37. The molecule has 0 aliphatic heterocycles. The molecule has 0 aromatic rings. The summed E-state index contributed by atoms with van der Waals surface area (Å²) in [6.07, 6.45) is 0. The Hall–Kier alpha value is 2.51. The summed E-state index contributed by atoms with van der Waals surface area (Å²) in [5.74, 6) is 0. The van der Waals surface area contributed by atoms with Crippen molar-refractivity contribution in [3.8, 4) is 0 Å². The second kappa shape index (κ2) is 17.8. The van der Waals surface area contributed by atoms with E-state index in [-0.39, 0.29) is 41.9 Å². The maximum absolute atomic E-state index is 4.22. The Kier molecular flexibility index (Phi) is 71.4. The predicted molar refractivity (Wildman–Crippen MR) is 13.3 cm³/mol.